The van der Waals surface area contributed by atoms with Crippen molar-refractivity contribution < 1.29 is 18.7 Å². The Kier molecular flexibility index (Phi) is 6.68. The Morgan fingerprint density at radius 3 is 2.87 bits per heavy atom. The van der Waals surface area contributed by atoms with Gasteiger partial charge in [-0.25, -0.2) is 14.2 Å². The van der Waals surface area contributed by atoms with Gasteiger partial charge in [0.15, 0.2) is 5.69 Å². The molecule has 4 heterocycles. The van der Waals surface area contributed by atoms with Gasteiger partial charge in [-0.1, -0.05) is 12.1 Å². The highest BCUT2D eigenvalue weighted by atomic mass is 19.1. The van der Waals surface area contributed by atoms with E-state index in [1.807, 2.05) is 35.8 Å². The van der Waals surface area contributed by atoms with E-state index in [4.69, 9.17) is 9.47 Å². The van der Waals surface area contributed by atoms with Crippen LogP contribution in [-0.2, 0) is 17.8 Å². The van der Waals surface area contributed by atoms with Crippen molar-refractivity contribution in [3.63, 3.8) is 0 Å². The van der Waals surface area contributed by atoms with E-state index < -0.39 is 5.97 Å². The lowest BCUT2D eigenvalue weighted by molar-refractivity contribution is 0.0516. The first-order valence-corrected chi connectivity index (χ1v) is 13.5. The normalized spacial score (nSPS) is 17.0. The minimum Gasteiger partial charge on any atom is -0.485 e. The topological polar surface area (TPSA) is 72.7 Å². The summed E-state index contributed by atoms with van der Waals surface area (Å²) in [6.45, 7) is 9.88. The molecule has 1 fully saturated rings. The van der Waals surface area contributed by atoms with E-state index >= 15 is 0 Å². The van der Waals surface area contributed by atoms with Gasteiger partial charge in [-0.15, -0.1) is 0 Å². The number of ether oxygens (including phenoxy) is 2. The molecule has 0 spiro atoms. The number of para-hydroxylation sites is 1. The molecule has 0 unspecified atom stereocenters. The van der Waals surface area contributed by atoms with Crippen LogP contribution >= 0.6 is 0 Å². The quantitative estimate of drug-likeness (QED) is 0.336. The van der Waals surface area contributed by atoms with Gasteiger partial charge >= 0.3 is 5.97 Å². The first kappa shape index (κ1) is 25.3. The summed E-state index contributed by atoms with van der Waals surface area (Å²) in [6, 6.07) is 13.6. The lowest BCUT2D eigenvalue weighted by atomic mass is 10.1. The van der Waals surface area contributed by atoms with Crippen LogP contribution in [0.1, 0.15) is 41.3 Å². The molecule has 0 amide bonds. The van der Waals surface area contributed by atoms with E-state index in [0.29, 0.717) is 29.6 Å². The molecule has 1 saturated heterocycles. The summed E-state index contributed by atoms with van der Waals surface area (Å²) in [4.78, 5) is 25.9. The first-order chi connectivity index (χ1) is 18.9. The number of hydrogen-bond acceptors (Lipinski definition) is 7. The maximum Gasteiger partial charge on any atom is 0.358 e. The van der Waals surface area contributed by atoms with Crippen molar-refractivity contribution in [2.45, 2.75) is 39.8 Å². The number of carbonyl (C=O) groups excluding carboxylic acids is 1. The zero-order chi connectivity index (χ0) is 27.1. The summed E-state index contributed by atoms with van der Waals surface area (Å²) < 4.78 is 27.7. The minimum absolute atomic E-state index is 0.255. The van der Waals surface area contributed by atoms with E-state index in [-0.39, 0.29) is 12.4 Å². The lowest BCUT2D eigenvalue weighted by Gasteiger charge is -2.41. The van der Waals surface area contributed by atoms with Crippen molar-refractivity contribution in [3.8, 4) is 11.4 Å². The number of esters is 1. The van der Waals surface area contributed by atoms with Crippen LogP contribution in [0.25, 0.3) is 16.6 Å². The molecule has 6 rings (SSSR count). The number of imidazole rings is 1. The fourth-order valence-corrected chi connectivity index (χ4v) is 5.71. The smallest absolute Gasteiger partial charge is 0.358 e. The van der Waals surface area contributed by atoms with Crippen molar-refractivity contribution in [1.29, 1.82) is 0 Å². The average molecular weight is 530 g/mol. The summed E-state index contributed by atoms with van der Waals surface area (Å²) in [5, 5.41) is 0.987. The Morgan fingerprint density at radius 2 is 2.05 bits per heavy atom. The molecule has 2 aliphatic heterocycles. The zero-order valence-electron chi connectivity index (χ0n) is 22.5. The zero-order valence-corrected chi connectivity index (χ0v) is 22.5. The van der Waals surface area contributed by atoms with Crippen molar-refractivity contribution in [2.75, 3.05) is 37.7 Å². The van der Waals surface area contributed by atoms with E-state index in [1.54, 1.807) is 19.3 Å². The number of nitrogens with zero attached hydrogens (tertiary/aromatic N) is 5. The number of benzene rings is 2. The maximum atomic E-state index is 14.5. The van der Waals surface area contributed by atoms with E-state index in [1.165, 1.54) is 6.07 Å². The number of halogens is 1. The number of aromatic nitrogens is 3. The van der Waals surface area contributed by atoms with Crippen molar-refractivity contribution >= 4 is 22.6 Å². The van der Waals surface area contributed by atoms with Crippen molar-refractivity contribution in [3.05, 3.63) is 77.3 Å². The molecule has 0 radical (unpaired) electrons. The molecule has 2 aliphatic rings. The average Bonchev–Trinajstić information content (AvgIpc) is 3.37. The number of aryl methyl sites for hydroxylation is 1. The second-order valence-corrected chi connectivity index (χ2v) is 10.2. The van der Waals surface area contributed by atoms with Crippen LogP contribution in [0.15, 0.2) is 48.8 Å². The van der Waals surface area contributed by atoms with Crippen LogP contribution in [0.4, 0.5) is 10.1 Å². The van der Waals surface area contributed by atoms with Crippen LogP contribution in [0.2, 0.25) is 0 Å². The highest BCUT2D eigenvalue weighted by Gasteiger charge is 2.28. The number of pyridine rings is 1. The highest BCUT2D eigenvalue weighted by Crippen LogP contribution is 2.35. The molecular weight excluding hydrogens is 497 g/mol. The molecule has 1 atom stereocenters. The van der Waals surface area contributed by atoms with Crippen LogP contribution < -0.4 is 9.64 Å². The first-order valence-electron chi connectivity index (χ1n) is 13.5. The van der Waals surface area contributed by atoms with Gasteiger partial charge in [0.2, 0.25) is 0 Å². The second-order valence-electron chi connectivity index (χ2n) is 10.2. The van der Waals surface area contributed by atoms with Crippen molar-refractivity contribution in [1.82, 2.24) is 19.4 Å². The Labute approximate surface area is 227 Å². The van der Waals surface area contributed by atoms with Gasteiger partial charge in [0.25, 0.3) is 0 Å². The van der Waals surface area contributed by atoms with Gasteiger partial charge in [0, 0.05) is 55.1 Å². The minimum atomic E-state index is -0.430. The third kappa shape index (κ3) is 4.71. The standard InChI is InChI=1S/C30H32FN5O3/c1-4-38-30(37)28-27-17-39-29-21(6-5-7-25(29)36(27)18-32-28)10-11-34-12-13-35(16-20(34)3)26-15-22(31)14-24-23(26)9-8-19(2)33-24/h5-9,14-15,18,20H,4,10-13,16-17H2,1-3H3/t20-/m1/s1. The lowest BCUT2D eigenvalue weighted by Crippen LogP contribution is -2.52. The number of fused-ring (bicyclic) bond motifs is 4. The predicted octanol–water partition coefficient (Wildman–Crippen LogP) is 4.69. The molecule has 0 bridgehead atoms. The van der Waals surface area contributed by atoms with Crippen molar-refractivity contribution in [2.24, 2.45) is 0 Å². The molecule has 39 heavy (non-hydrogen) atoms. The molecule has 0 saturated carbocycles. The van der Waals surface area contributed by atoms with E-state index in [2.05, 4.69) is 32.8 Å². The number of hydrogen-bond donors (Lipinski definition) is 0. The highest BCUT2D eigenvalue weighted by molar-refractivity contribution is 5.92. The third-order valence-electron chi connectivity index (χ3n) is 7.69. The maximum absolute atomic E-state index is 14.5. The molecule has 8 nitrogen and oxygen atoms in total. The van der Waals surface area contributed by atoms with E-state index in [9.17, 15) is 9.18 Å². The summed E-state index contributed by atoms with van der Waals surface area (Å²) in [5.74, 6) is 0.147. The Morgan fingerprint density at radius 1 is 1.18 bits per heavy atom. The SMILES string of the molecule is CCOC(=O)c1ncn2c1COc1c(CCN3CCN(c4cc(F)cc5nc(C)ccc45)C[C@H]3C)cccc1-2. The number of carbonyl (C=O) groups is 1. The second kappa shape index (κ2) is 10.3. The van der Waals surface area contributed by atoms with Gasteiger partial charge in [0.05, 0.1) is 23.5 Å². The molecule has 2 aromatic carbocycles. The Balaban J connectivity index is 1.16. The third-order valence-corrected chi connectivity index (χ3v) is 7.69. The number of piperazine rings is 1. The number of anilines is 1. The van der Waals surface area contributed by atoms with Gasteiger partial charge in [-0.3, -0.25) is 14.5 Å². The van der Waals surface area contributed by atoms with Crippen LogP contribution in [0.5, 0.6) is 5.75 Å². The number of rotatable bonds is 6. The van der Waals surface area contributed by atoms with Crippen LogP contribution in [0.3, 0.4) is 0 Å². The molecule has 0 aliphatic carbocycles. The predicted molar refractivity (Wildman–Crippen MR) is 147 cm³/mol. The molecule has 4 aromatic rings. The fraction of sp³-hybridized carbons (Fsp3) is 0.367. The van der Waals surface area contributed by atoms with Crippen LogP contribution in [0, 0.1) is 12.7 Å². The summed E-state index contributed by atoms with van der Waals surface area (Å²) in [7, 11) is 0. The van der Waals surface area contributed by atoms with Gasteiger partial charge in [-0.05, 0) is 57.0 Å². The van der Waals surface area contributed by atoms with Gasteiger partial charge in [-0.2, -0.15) is 0 Å². The largest absolute Gasteiger partial charge is 0.485 e. The fourth-order valence-electron chi connectivity index (χ4n) is 5.71. The molecule has 2 aromatic heterocycles. The van der Waals surface area contributed by atoms with E-state index in [0.717, 1.165) is 66.4 Å². The summed E-state index contributed by atoms with van der Waals surface area (Å²) >= 11 is 0. The molecule has 0 N–H and O–H groups in total. The molecule has 202 valence electrons. The molecular formula is C30H32FN5O3. The van der Waals surface area contributed by atoms with Gasteiger partial charge in [0.1, 0.15) is 24.5 Å². The van der Waals surface area contributed by atoms with Gasteiger partial charge < -0.3 is 14.4 Å². The Bertz CT molecular complexity index is 1550. The monoisotopic (exact) mass is 529 g/mol. The summed E-state index contributed by atoms with van der Waals surface area (Å²) in [6.07, 6.45) is 2.50. The molecule has 9 heteroatoms. The Hall–Kier alpha value is -3.98. The van der Waals surface area contributed by atoms with Crippen LogP contribution in [-0.4, -0.2) is 64.2 Å². The summed E-state index contributed by atoms with van der Waals surface area (Å²) in [5.41, 5.74) is 5.51.